The molecule has 0 N–H and O–H groups in total. The number of rotatable bonds is 3. The third kappa shape index (κ3) is 3.01. The molecule has 0 radical (unpaired) electrons. The van der Waals surface area contributed by atoms with Crippen molar-refractivity contribution >= 4 is 21.7 Å². The predicted molar refractivity (Wildman–Crippen MR) is 75.4 cm³/mol. The van der Waals surface area contributed by atoms with Gasteiger partial charge >= 0.3 is 0 Å². The Balaban J connectivity index is 2.05. The summed E-state index contributed by atoms with van der Waals surface area (Å²) in [6.45, 7) is 5.45. The summed E-state index contributed by atoms with van der Waals surface area (Å²) in [6, 6.07) is 1.86. The van der Waals surface area contributed by atoms with E-state index in [1.807, 2.05) is 11.9 Å². The monoisotopic (exact) mass is 315 g/mol. The summed E-state index contributed by atoms with van der Waals surface area (Å²) >= 11 is 3.23. The Hall–Kier alpha value is -0.680. The summed E-state index contributed by atoms with van der Waals surface area (Å²) in [7, 11) is 1.94. The van der Waals surface area contributed by atoms with E-state index < -0.39 is 0 Å². The van der Waals surface area contributed by atoms with Crippen LogP contribution in [0.15, 0.2) is 16.7 Å². The van der Waals surface area contributed by atoms with Gasteiger partial charge < -0.3 is 9.80 Å². The molecule has 1 aliphatic heterocycles. The van der Waals surface area contributed by atoms with E-state index >= 15 is 0 Å². The Morgan fingerprint density at radius 2 is 2.17 bits per heavy atom. The maximum Gasteiger partial charge on any atom is 0.166 e. The maximum absolute atomic E-state index is 13.9. The van der Waals surface area contributed by atoms with E-state index in [0.717, 1.165) is 32.5 Å². The van der Waals surface area contributed by atoms with E-state index in [9.17, 15) is 4.39 Å². The molecule has 0 atom stereocenters. The van der Waals surface area contributed by atoms with Gasteiger partial charge in [0.25, 0.3) is 0 Å². The lowest BCUT2D eigenvalue weighted by Gasteiger charge is -2.36. The molecule has 3 nitrogen and oxygen atoms in total. The molecule has 0 saturated carbocycles. The Morgan fingerprint density at radius 1 is 1.50 bits per heavy atom. The largest absolute Gasteiger partial charge is 0.354 e. The van der Waals surface area contributed by atoms with Gasteiger partial charge in [0.05, 0.1) is 0 Å². The number of aromatic nitrogens is 1. The lowest BCUT2D eigenvalue weighted by Crippen LogP contribution is -2.43. The molecule has 0 aromatic carbocycles. The lowest BCUT2D eigenvalue weighted by atomic mass is 10.0. The van der Waals surface area contributed by atoms with Crippen molar-refractivity contribution in [3.63, 3.8) is 0 Å². The quantitative estimate of drug-likeness (QED) is 0.855. The Kier molecular flexibility index (Phi) is 4.56. The molecule has 2 heterocycles. The molecule has 100 valence electrons. The number of hydrogen-bond acceptors (Lipinski definition) is 3. The van der Waals surface area contributed by atoms with Crippen LogP contribution in [-0.2, 0) is 0 Å². The van der Waals surface area contributed by atoms with E-state index in [1.54, 1.807) is 6.20 Å². The number of anilines is 1. The first-order chi connectivity index (χ1) is 8.61. The topological polar surface area (TPSA) is 19.4 Å². The van der Waals surface area contributed by atoms with Crippen molar-refractivity contribution < 1.29 is 4.39 Å². The van der Waals surface area contributed by atoms with Crippen molar-refractivity contribution in [1.29, 1.82) is 0 Å². The minimum absolute atomic E-state index is 0.259. The van der Waals surface area contributed by atoms with Crippen LogP contribution in [0.25, 0.3) is 0 Å². The number of hydrogen-bond donors (Lipinski definition) is 0. The van der Waals surface area contributed by atoms with E-state index in [-0.39, 0.29) is 5.82 Å². The average Bonchev–Trinajstić information content (AvgIpc) is 2.38. The van der Waals surface area contributed by atoms with Gasteiger partial charge in [-0.05, 0) is 41.4 Å². The molecule has 0 amide bonds. The van der Waals surface area contributed by atoms with Crippen LogP contribution >= 0.6 is 15.9 Å². The van der Waals surface area contributed by atoms with Crippen LogP contribution in [0.4, 0.5) is 10.2 Å². The van der Waals surface area contributed by atoms with Gasteiger partial charge in [-0.1, -0.05) is 6.92 Å². The van der Waals surface area contributed by atoms with E-state index in [0.29, 0.717) is 16.3 Å². The van der Waals surface area contributed by atoms with Crippen LogP contribution in [0.1, 0.15) is 19.8 Å². The minimum atomic E-state index is -0.259. The van der Waals surface area contributed by atoms with Gasteiger partial charge in [-0.25, -0.2) is 9.37 Å². The predicted octanol–water partition coefficient (Wildman–Crippen LogP) is 2.90. The van der Waals surface area contributed by atoms with E-state index in [1.165, 1.54) is 6.07 Å². The van der Waals surface area contributed by atoms with Gasteiger partial charge in [-0.3, -0.25) is 0 Å². The molecule has 18 heavy (non-hydrogen) atoms. The van der Waals surface area contributed by atoms with Gasteiger partial charge in [0, 0.05) is 36.8 Å². The first-order valence-corrected chi connectivity index (χ1v) is 7.17. The Bertz CT molecular complexity index is 405. The fourth-order valence-corrected chi connectivity index (χ4v) is 2.77. The highest BCUT2D eigenvalue weighted by atomic mass is 79.9. The summed E-state index contributed by atoms with van der Waals surface area (Å²) in [5, 5.41) is 0. The average molecular weight is 316 g/mol. The van der Waals surface area contributed by atoms with Crippen molar-refractivity contribution in [2.24, 2.45) is 0 Å². The van der Waals surface area contributed by atoms with Crippen LogP contribution < -0.4 is 4.90 Å². The second-order valence-electron chi connectivity index (χ2n) is 4.74. The second kappa shape index (κ2) is 5.97. The molecule has 2 rings (SSSR count). The van der Waals surface area contributed by atoms with Gasteiger partial charge in [0.2, 0.25) is 0 Å². The standard InChI is InChI=1S/C13H19BrFN3/c1-3-18-6-4-11(5-7-18)17(2)13-12(15)8-10(14)9-16-13/h8-9,11H,3-7H2,1-2H3. The zero-order valence-electron chi connectivity index (χ0n) is 10.9. The van der Waals surface area contributed by atoms with Crippen LogP contribution in [0.5, 0.6) is 0 Å². The van der Waals surface area contributed by atoms with E-state index in [4.69, 9.17) is 0 Å². The number of nitrogens with zero attached hydrogens (tertiary/aromatic N) is 3. The van der Waals surface area contributed by atoms with Crippen molar-refractivity contribution in [1.82, 2.24) is 9.88 Å². The van der Waals surface area contributed by atoms with Crippen molar-refractivity contribution in [2.45, 2.75) is 25.8 Å². The lowest BCUT2D eigenvalue weighted by molar-refractivity contribution is 0.220. The third-order valence-electron chi connectivity index (χ3n) is 3.67. The first kappa shape index (κ1) is 13.7. The normalized spacial score (nSPS) is 18.0. The molecule has 0 bridgehead atoms. The molecule has 1 aromatic heterocycles. The summed E-state index contributed by atoms with van der Waals surface area (Å²) in [5.41, 5.74) is 0. The SMILES string of the molecule is CCN1CCC(N(C)c2ncc(Br)cc2F)CC1. The van der Waals surface area contributed by atoms with Crippen LogP contribution in [0.2, 0.25) is 0 Å². The number of likely N-dealkylation sites (tertiary alicyclic amines) is 1. The fraction of sp³-hybridized carbons (Fsp3) is 0.615. The van der Waals surface area contributed by atoms with Gasteiger partial charge in [0.1, 0.15) is 0 Å². The summed E-state index contributed by atoms with van der Waals surface area (Å²) in [4.78, 5) is 8.59. The van der Waals surface area contributed by atoms with Crippen molar-refractivity contribution in [3.05, 3.63) is 22.6 Å². The highest BCUT2D eigenvalue weighted by molar-refractivity contribution is 9.10. The molecule has 0 spiro atoms. The van der Waals surface area contributed by atoms with Crippen molar-refractivity contribution in [3.8, 4) is 0 Å². The zero-order chi connectivity index (χ0) is 13.1. The van der Waals surface area contributed by atoms with Crippen LogP contribution in [-0.4, -0.2) is 42.6 Å². The molecule has 5 heteroatoms. The Labute approximate surface area is 116 Å². The molecular formula is C13H19BrFN3. The number of halogens is 2. The van der Waals surface area contributed by atoms with Crippen LogP contribution in [0.3, 0.4) is 0 Å². The highest BCUT2D eigenvalue weighted by Crippen LogP contribution is 2.24. The zero-order valence-corrected chi connectivity index (χ0v) is 12.5. The van der Waals surface area contributed by atoms with Crippen molar-refractivity contribution in [2.75, 3.05) is 31.6 Å². The fourth-order valence-electron chi connectivity index (χ4n) is 2.46. The van der Waals surface area contributed by atoms with Gasteiger partial charge in [-0.2, -0.15) is 0 Å². The van der Waals surface area contributed by atoms with Gasteiger partial charge in [0.15, 0.2) is 11.6 Å². The number of pyridine rings is 1. The molecule has 1 saturated heterocycles. The molecule has 1 fully saturated rings. The summed E-state index contributed by atoms with van der Waals surface area (Å²) in [5.74, 6) is 0.193. The van der Waals surface area contributed by atoms with Crippen LogP contribution in [0, 0.1) is 5.82 Å². The van der Waals surface area contributed by atoms with E-state index in [2.05, 4.69) is 32.7 Å². The second-order valence-corrected chi connectivity index (χ2v) is 5.65. The summed E-state index contributed by atoms with van der Waals surface area (Å²) < 4.78 is 14.5. The maximum atomic E-state index is 13.9. The molecular weight excluding hydrogens is 297 g/mol. The molecule has 1 aromatic rings. The summed E-state index contributed by atoms with van der Waals surface area (Å²) in [6.07, 6.45) is 3.79. The highest BCUT2D eigenvalue weighted by Gasteiger charge is 2.24. The molecule has 0 unspecified atom stereocenters. The minimum Gasteiger partial charge on any atom is -0.354 e. The first-order valence-electron chi connectivity index (χ1n) is 6.38. The number of piperidine rings is 1. The third-order valence-corrected chi connectivity index (χ3v) is 4.11. The smallest absolute Gasteiger partial charge is 0.166 e. The molecule has 1 aliphatic rings. The molecule has 0 aliphatic carbocycles. The Morgan fingerprint density at radius 3 is 2.72 bits per heavy atom. The van der Waals surface area contributed by atoms with Gasteiger partial charge in [-0.15, -0.1) is 0 Å².